The van der Waals surface area contributed by atoms with Crippen molar-refractivity contribution in [3.8, 4) is 0 Å². The molecule has 26 heavy (non-hydrogen) atoms. The number of carbonyl (C=O) groups is 1. The molecule has 0 bridgehead atoms. The zero-order valence-electron chi connectivity index (χ0n) is 15.4. The Labute approximate surface area is 155 Å². The van der Waals surface area contributed by atoms with Crippen LogP contribution < -0.4 is 15.5 Å². The summed E-state index contributed by atoms with van der Waals surface area (Å²) in [4.78, 5) is 14.4. The third-order valence-corrected chi connectivity index (χ3v) is 5.60. The highest BCUT2D eigenvalue weighted by Crippen LogP contribution is 2.30. The number of hydrogen-bond donors (Lipinski definition) is 2. The average molecular weight is 349 g/mol. The van der Waals surface area contributed by atoms with Gasteiger partial charge in [0.05, 0.1) is 12.5 Å². The molecule has 0 aromatic heterocycles. The van der Waals surface area contributed by atoms with E-state index in [4.69, 9.17) is 0 Å². The lowest BCUT2D eigenvalue weighted by atomic mass is 9.89. The van der Waals surface area contributed by atoms with Gasteiger partial charge in [-0.15, -0.1) is 0 Å². The van der Waals surface area contributed by atoms with Crippen LogP contribution >= 0.6 is 0 Å². The summed E-state index contributed by atoms with van der Waals surface area (Å²) in [5.74, 6) is 0.0956. The Hall–Kier alpha value is -2.33. The first-order valence-electron chi connectivity index (χ1n) is 9.62. The highest BCUT2D eigenvalue weighted by Gasteiger charge is 2.25. The van der Waals surface area contributed by atoms with Gasteiger partial charge in [-0.3, -0.25) is 4.79 Å². The van der Waals surface area contributed by atoms with Crippen LogP contribution in [0.3, 0.4) is 0 Å². The summed E-state index contributed by atoms with van der Waals surface area (Å²) in [7, 11) is 2.16. The summed E-state index contributed by atoms with van der Waals surface area (Å²) < 4.78 is 0. The van der Waals surface area contributed by atoms with Crippen LogP contribution in [0.25, 0.3) is 0 Å². The molecule has 1 saturated heterocycles. The van der Waals surface area contributed by atoms with Crippen LogP contribution in [0.15, 0.2) is 48.5 Å². The van der Waals surface area contributed by atoms with Gasteiger partial charge < -0.3 is 15.5 Å². The predicted molar refractivity (Wildman–Crippen MR) is 105 cm³/mol. The standard InChI is InChI=1S/C22H27N3O/c1-25(15-18-7-4-5-13-23-18)19-11-9-16(10-12-19)22-20-8-3-2-6-17(20)14-21(26)24-22/h2-3,6,8-12,18,22-23H,4-5,7,13-15H2,1H3,(H,24,26). The van der Waals surface area contributed by atoms with Crippen LogP contribution in [-0.2, 0) is 11.2 Å². The number of fused-ring (bicyclic) bond motifs is 1. The molecule has 4 heteroatoms. The van der Waals surface area contributed by atoms with Gasteiger partial charge in [0.25, 0.3) is 0 Å². The molecule has 4 nitrogen and oxygen atoms in total. The molecule has 0 aliphatic carbocycles. The van der Waals surface area contributed by atoms with Crippen molar-refractivity contribution in [3.05, 3.63) is 65.2 Å². The second-order valence-corrected chi connectivity index (χ2v) is 7.50. The summed E-state index contributed by atoms with van der Waals surface area (Å²) in [6.45, 7) is 2.17. The number of benzene rings is 2. The molecule has 2 aliphatic rings. The summed E-state index contributed by atoms with van der Waals surface area (Å²) in [6.07, 6.45) is 4.35. The van der Waals surface area contributed by atoms with Crippen molar-refractivity contribution in [3.63, 3.8) is 0 Å². The molecular formula is C22H27N3O. The largest absolute Gasteiger partial charge is 0.373 e. The molecule has 2 unspecified atom stereocenters. The van der Waals surface area contributed by atoms with Gasteiger partial charge in [0.15, 0.2) is 0 Å². The van der Waals surface area contributed by atoms with Crippen LogP contribution in [-0.4, -0.2) is 32.1 Å². The molecule has 2 N–H and O–H groups in total. The van der Waals surface area contributed by atoms with Crippen molar-refractivity contribution < 1.29 is 4.79 Å². The smallest absolute Gasteiger partial charge is 0.225 e. The molecule has 0 spiro atoms. The fraction of sp³-hybridized carbons (Fsp3) is 0.409. The van der Waals surface area contributed by atoms with Crippen molar-refractivity contribution in [2.45, 2.75) is 37.8 Å². The highest BCUT2D eigenvalue weighted by molar-refractivity contribution is 5.82. The lowest BCUT2D eigenvalue weighted by Crippen LogP contribution is -2.42. The molecule has 1 fully saturated rings. The average Bonchev–Trinajstić information content (AvgIpc) is 2.68. The van der Waals surface area contributed by atoms with Crippen LogP contribution in [0.2, 0.25) is 0 Å². The first-order chi connectivity index (χ1) is 12.7. The molecular weight excluding hydrogens is 322 g/mol. The number of amides is 1. The Morgan fingerprint density at radius 2 is 1.88 bits per heavy atom. The molecule has 136 valence electrons. The van der Waals surface area contributed by atoms with Crippen LogP contribution in [0.5, 0.6) is 0 Å². The minimum Gasteiger partial charge on any atom is -0.373 e. The van der Waals surface area contributed by atoms with E-state index in [1.54, 1.807) is 0 Å². The maximum Gasteiger partial charge on any atom is 0.225 e. The fourth-order valence-electron chi connectivity index (χ4n) is 4.14. The summed E-state index contributed by atoms with van der Waals surface area (Å²) >= 11 is 0. The van der Waals surface area contributed by atoms with E-state index < -0.39 is 0 Å². The minimum absolute atomic E-state index is 0.0492. The Balaban J connectivity index is 1.50. The molecule has 2 aromatic rings. The minimum atomic E-state index is -0.0492. The monoisotopic (exact) mass is 349 g/mol. The zero-order chi connectivity index (χ0) is 17.9. The maximum absolute atomic E-state index is 12.1. The van der Waals surface area contributed by atoms with E-state index in [9.17, 15) is 4.79 Å². The fourth-order valence-corrected chi connectivity index (χ4v) is 4.14. The second-order valence-electron chi connectivity index (χ2n) is 7.50. The number of likely N-dealkylation sites (N-methyl/N-ethyl adjacent to an activating group) is 1. The number of piperidine rings is 1. The zero-order valence-corrected chi connectivity index (χ0v) is 15.4. The summed E-state index contributed by atoms with van der Waals surface area (Å²) in [5.41, 5.74) is 4.69. The first kappa shape index (κ1) is 17.1. The number of carbonyl (C=O) groups excluding carboxylic acids is 1. The van der Waals surface area contributed by atoms with E-state index in [-0.39, 0.29) is 11.9 Å². The first-order valence-corrected chi connectivity index (χ1v) is 9.62. The molecule has 0 radical (unpaired) electrons. The Kier molecular flexibility index (Phi) is 4.93. The predicted octanol–water partition coefficient (Wildman–Crippen LogP) is 3.03. The summed E-state index contributed by atoms with van der Waals surface area (Å²) in [5, 5.41) is 6.75. The molecule has 0 saturated carbocycles. The van der Waals surface area contributed by atoms with Gasteiger partial charge in [-0.1, -0.05) is 42.8 Å². The van der Waals surface area contributed by atoms with Crippen molar-refractivity contribution >= 4 is 11.6 Å². The van der Waals surface area contributed by atoms with Gasteiger partial charge in [-0.2, -0.15) is 0 Å². The number of nitrogens with one attached hydrogen (secondary N) is 2. The van der Waals surface area contributed by atoms with Gasteiger partial charge in [-0.25, -0.2) is 0 Å². The van der Waals surface area contributed by atoms with E-state index in [2.05, 4.69) is 59.0 Å². The van der Waals surface area contributed by atoms with Crippen LogP contribution in [0.4, 0.5) is 5.69 Å². The Bertz CT molecular complexity index is 765. The number of nitrogens with zero attached hydrogens (tertiary/aromatic N) is 1. The van der Waals surface area contributed by atoms with E-state index in [0.717, 1.165) is 24.2 Å². The van der Waals surface area contributed by atoms with Crippen LogP contribution in [0.1, 0.15) is 42.0 Å². The maximum atomic E-state index is 12.1. The number of anilines is 1. The van der Waals surface area contributed by atoms with Crippen molar-refractivity contribution in [1.82, 2.24) is 10.6 Å². The molecule has 1 amide bonds. The topological polar surface area (TPSA) is 44.4 Å². The van der Waals surface area contributed by atoms with Gasteiger partial charge in [0.2, 0.25) is 5.91 Å². The summed E-state index contributed by atoms with van der Waals surface area (Å²) in [6, 6.07) is 17.4. The normalized spacial score (nSPS) is 22.4. The van der Waals surface area contributed by atoms with Crippen molar-refractivity contribution in [1.29, 1.82) is 0 Å². The molecule has 2 aliphatic heterocycles. The Morgan fingerprint density at radius 1 is 1.08 bits per heavy atom. The third kappa shape index (κ3) is 3.61. The van der Waals surface area contributed by atoms with Crippen molar-refractivity contribution in [2.24, 2.45) is 0 Å². The van der Waals surface area contributed by atoms with E-state index in [1.165, 1.54) is 30.5 Å². The molecule has 2 aromatic carbocycles. The highest BCUT2D eigenvalue weighted by atomic mass is 16.1. The molecule has 2 atom stereocenters. The Morgan fingerprint density at radius 3 is 2.65 bits per heavy atom. The third-order valence-electron chi connectivity index (χ3n) is 5.60. The van der Waals surface area contributed by atoms with Gasteiger partial charge in [-0.05, 0) is 48.2 Å². The second kappa shape index (κ2) is 7.50. The van der Waals surface area contributed by atoms with E-state index in [0.29, 0.717) is 12.5 Å². The van der Waals surface area contributed by atoms with Gasteiger partial charge in [0, 0.05) is 25.3 Å². The lowest BCUT2D eigenvalue weighted by molar-refractivity contribution is -0.121. The molecule has 2 heterocycles. The van der Waals surface area contributed by atoms with E-state index in [1.807, 2.05) is 12.1 Å². The van der Waals surface area contributed by atoms with Crippen molar-refractivity contribution in [2.75, 3.05) is 25.0 Å². The van der Waals surface area contributed by atoms with Gasteiger partial charge >= 0.3 is 0 Å². The van der Waals surface area contributed by atoms with Gasteiger partial charge in [0.1, 0.15) is 0 Å². The molecule has 4 rings (SSSR count). The lowest BCUT2D eigenvalue weighted by Gasteiger charge is -2.30. The number of hydrogen-bond acceptors (Lipinski definition) is 3. The van der Waals surface area contributed by atoms with E-state index >= 15 is 0 Å². The quantitative estimate of drug-likeness (QED) is 0.892. The number of rotatable bonds is 4. The van der Waals surface area contributed by atoms with Crippen LogP contribution in [0, 0.1) is 0 Å². The SMILES string of the molecule is CN(CC1CCCCN1)c1ccc(C2NC(=O)Cc3ccccc32)cc1.